The standard InChI is InChI=1S/C19H27N5O2/c1-14-17-10-15(11-20-18(17)22(2)21-14)12-23-5-3-4-16(13-23)19(25)24-6-8-26-9-7-24/h10-11,16H,3-9,12-13H2,1-2H3/t16-/m1/s1. The molecule has 7 nitrogen and oxygen atoms in total. The van der Waals surface area contributed by atoms with Crippen LogP contribution in [0.3, 0.4) is 0 Å². The zero-order chi connectivity index (χ0) is 18.1. The Balaban J connectivity index is 1.43. The van der Waals surface area contributed by atoms with Crippen LogP contribution in [0.2, 0.25) is 0 Å². The van der Waals surface area contributed by atoms with E-state index in [1.165, 1.54) is 5.56 Å². The van der Waals surface area contributed by atoms with Crippen molar-refractivity contribution in [1.82, 2.24) is 24.6 Å². The Kier molecular flexibility index (Phi) is 4.91. The lowest BCUT2D eigenvalue weighted by atomic mass is 9.96. The number of hydrogen-bond acceptors (Lipinski definition) is 5. The average Bonchev–Trinajstić information content (AvgIpc) is 2.95. The molecule has 0 bridgehead atoms. The van der Waals surface area contributed by atoms with E-state index in [9.17, 15) is 4.79 Å². The maximum absolute atomic E-state index is 12.8. The van der Waals surface area contributed by atoms with E-state index in [0.29, 0.717) is 19.1 Å². The summed E-state index contributed by atoms with van der Waals surface area (Å²) in [4.78, 5) is 21.7. The van der Waals surface area contributed by atoms with Crippen molar-refractivity contribution in [3.05, 3.63) is 23.5 Å². The van der Waals surface area contributed by atoms with Crippen molar-refractivity contribution in [2.45, 2.75) is 26.3 Å². The second-order valence-corrected chi connectivity index (χ2v) is 7.44. The van der Waals surface area contributed by atoms with Crippen molar-refractivity contribution in [3.63, 3.8) is 0 Å². The average molecular weight is 357 g/mol. The van der Waals surface area contributed by atoms with Crippen LogP contribution in [0, 0.1) is 12.8 Å². The molecule has 2 aliphatic heterocycles. The number of likely N-dealkylation sites (tertiary alicyclic amines) is 1. The highest BCUT2D eigenvalue weighted by Crippen LogP contribution is 2.23. The number of carbonyl (C=O) groups is 1. The van der Waals surface area contributed by atoms with Gasteiger partial charge in [-0.25, -0.2) is 4.98 Å². The molecule has 2 saturated heterocycles. The van der Waals surface area contributed by atoms with E-state index in [1.807, 2.05) is 29.7 Å². The normalized spacial score (nSPS) is 22.1. The lowest BCUT2D eigenvalue weighted by Gasteiger charge is -2.36. The Hall–Kier alpha value is -1.99. The van der Waals surface area contributed by atoms with Gasteiger partial charge in [0.1, 0.15) is 0 Å². The lowest BCUT2D eigenvalue weighted by molar-refractivity contribution is -0.141. The Morgan fingerprint density at radius 3 is 2.92 bits per heavy atom. The van der Waals surface area contributed by atoms with Crippen molar-refractivity contribution in [1.29, 1.82) is 0 Å². The van der Waals surface area contributed by atoms with Gasteiger partial charge in [0.2, 0.25) is 5.91 Å². The predicted octanol–water partition coefficient (Wildman–Crippen LogP) is 1.35. The third-order valence-electron chi connectivity index (χ3n) is 5.50. The number of fused-ring (bicyclic) bond motifs is 1. The zero-order valence-corrected chi connectivity index (χ0v) is 15.6. The van der Waals surface area contributed by atoms with E-state index in [1.54, 1.807) is 0 Å². The summed E-state index contributed by atoms with van der Waals surface area (Å²) < 4.78 is 7.19. The summed E-state index contributed by atoms with van der Waals surface area (Å²) in [5, 5.41) is 5.56. The van der Waals surface area contributed by atoms with E-state index in [0.717, 1.165) is 62.3 Å². The molecule has 26 heavy (non-hydrogen) atoms. The molecule has 140 valence electrons. The van der Waals surface area contributed by atoms with Crippen LogP contribution >= 0.6 is 0 Å². The van der Waals surface area contributed by atoms with Gasteiger partial charge in [-0.1, -0.05) is 0 Å². The summed E-state index contributed by atoms with van der Waals surface area (Å²) in [6, 6.07) is 2.19. The molecule has 0 aliphatic carbocycles. The van der Waals surface area contributed by atoms with Crippen LogP contribution in [-0.4, -0.2) is 69.9 Å². The lowest BCUT2D eigenvalue weighted by Crippen LogP contribution is -2.48. The molecule has 4 heterocycles. The van der Waals surface area contributed by atoms with Gasteiger partial charge in [0, 0.05) is 44.8 Å². The molecule has 0 saturated carbocycles. The molecule has 2 aromatic rings. The van der Waals surface area contributed by atoms with Crippen molar-refractivity contribution in [2.75, 3.05) is 39.4 Å². The van der Waals surface area contributed by atoms with Crippen LogP contribution in [0.5, 0.6) is 0 Å². The molecule has 7 heteroatoms. The smallest absolute Gasteiger partial charge is 0.227 e. The van der Waals surface area contributed by atoms with Gasteiger partial charge in [0.25, 0.3) is 0 Å². The molecule has 1 atom stereocenters. The number of ether oxygens (including phenoxy) is 1. The number of nitrogens with zero attached hydrogens (tertiary/aromatic N) is 5. The number of carbonyl (C=O) groups excluding carboxylic acids is 1. The molecule has 0 aromatic carbocycles. The van der Waals surface area contributed by atoms with E-state index in [4.69, 9.17) is 4.74 Å². The Bertz CT molecular complexity index is 797. The molecule has 0 unspecified atom stereocenters. The monoisotopic (exact) mass is 357 g/mol. The summed E-state index contributed by atoms with van der Waals surface area (Å²) in [7, 11) is 1.93. The molecule has 0 N–H and O–H groups in total. The fraction of sp³-hybridized carbons (Fsp3) is 0.632. The van der Waals surface area contributed by atoms with Gasteiger partial charge in [0.15, 0.2) is 5.65 Å². The van der Waals surface area contributed by atoms with Crippen molar-refractivity contribution in [3.8, 4) is 0 Å². The molecule has 1 amide bonds. The van der Waals surface area contributed by atoms with Crippen molar-refractivity contribution in [2.24, 2.45) is 13.0 Å². The third-order valence-corrected chi connectivity index (χ3v) is 5.50. The highest BCUT2D eigenvalue weighted by Gasteiger charge is 2.30. The van der Waals surface area contributed by atoms with Crippen LogP contribution in [0.15, 0.2) is 12.3 Å². The molecule has 0 radical (unpaired) electrons. The van der Waals surface area contributed by atoms with Crippen LogP contribution in [0.4, 0.5) is 0 Å². The van der Waals surface area contributed by atoms with Crippen LogP contribution < -0.4 is 0 Å². The minimum Gasteiger partial charge on any atom is -0.378 e. The molecule has 0 spiro atoms. The first-order valence-corrected chi connectivity index (χ1v) is 9.49. The maximum Gasteiger partial charge on any atom is 0.227 e. The zero-order valence-electron chi connectivity index (χ0n) is 15.6. The van der Waals surface area contributed by atoms with Gasteiger partial charge in [-0.2, -0.15) is 5.10 Å². The molecular weight excluding hydrogens is 330 g/mol. The van der Waals surface area contributed by atoms with E-state index in [-0.39, 0.29) is 5.92 Å². The van der Waals surface area contributed by atoms with E-state index >= 15 is 0 Å². The van der Waals surface area contributed by atoms with Gasteiger partial charge < -0.3 is 9.64 Å². The fourth-order valence-electron chi connectivity index (χ4n) is 4.14. The van der Waals surface area contributed by atoms with Crippen LogP contribution in [0.25, 0.3) is 11.0 Å². The SMILES string of the molecule is Cc1nn(C)c2ncc(CN3CCC[C@@H](C(=O)N4CCOCC4)C3)cc12. The van der Waals surface area contributed by atoms with Crippen molar-refractivity contribution < 1.29 is 9.53 Å². The van der Waals surface area contributed by atoms with Gasteiger partial charge in [-0.05, 0) is 37.9 Å². The molecule has 4 rings (SSSR count). The van der Waals surface area contributed by atoms with Crippen LogP contribution in [0.1, 0.15) is 24.1 Å². The first-order chi connectivity index (χ1) is 12.6. The first kappa shape index (κ1) is 17.4. The maximum atomic E-state index is 12.8. The largest absolute Gasteiger partial charge is 0.378 e. The van der Waals surface area contributed by atoms with E-state index < -0.39 is 0 Å². The quantitative estimate of drug-likeness (QED) is 0.830. The number of aromatic nitrogens is 3. The van der Waals surface area contributed by atoms with Crippen LogP contribution in [-0.2, 0) is 23.1 Å². The second-order valence-electron chi connectivity index (χ2n) is 7.44. The number of rotatable bonds is 3. The molecule has 2 aliphatic rings. The van der Waals surface area contributed by atoms with Gasteiger partial charge in [-0.15, -0.1) is 0 Å². The summed E-state index contributed by atoms with van der Waals surface area (Å²) >= 11 is 0. The Morgan fingerprint density at radius 2 is 2.12 bits per heavy atom. The number of piperidine rings is 1. The first-order valence-electron chi connectivity index (χ1n) is 9.49. The minimum absolute atomic E-state index is 0.110. The fourth-order valence-corrected chi connectivity index (χ4v) is 4.14. The number of pyridine rings is 1. The highest BCUT2D eigenvalue weighted by molar-refractivity contribution is 5.79. The molecular formula is C19H27N5O2. The van der Waals surface area contributed by atoms with Gasteiger partial charge in [-0.3, -0.25) is 14.4 Å². The van der Waals surface area contributed by atoms with E-state index in [2.05, 4.69) is 21.0 Å². The number of morpholine rings is 1. The van der Waals surface area contributed by atoms with Gasteiger partial charge in [0.05, 0.1) is 24.8 Å². The predicted molar refractivity (Wildman–Crippen MR) is 98.6 cm³/mol. The summed E-state index contributed by atoms with van der Waals surface area (Å²) in [6.45, 7) is 7.52. The van der Waals surface area contributed by atoms with Gasteiger partial charge >= 0.3 is 0 Å². The topological polar surface area (TPSA) is 63.5 Å². The summed E-state index contributed by atoms with van der Waals surface area (Å²) in [5.74, 6) is 0.411. The molecule has 2 fully saturated rings. The molecule has 2 aromatic heterocycles. The van der Waals surface area contributed by atoms with Crippen molar-refractivity contribution >= 4 is 16.9 Å². The Morgan fingerprint density at radius 1 is 1.31 bits per heavy atom. The number of aryl methyl sites for hydroxylation is 2. The summed E-state index contributed by atoms with van der Waals surface area (Å²) in [5.41, 5.74) is 3.12. The number of amides is 1. The summed E-state index contributed by atoms with van der Waals surface area (Å²) in [6.07, 6.45) is 4.00. The highest BCUT2D eigenvalue weighted by atomic mass is 16.5. The second kappa shape index (κ2) is 7.32. The Labute approximate surface area is 153 Å². The minimum atomic E-state index is 0.110. The number of hydrogen-bond donors (Lipinski definition) is 0. The third kappa shape index (κ3) is 3.46.